The van der Waals surface area contributed by atoms with Crippen LogP contribution in [0.5, 0.6) is 0 Å². The zero-order valence-electron chi connectivity index (χ0n) is 14.4. The Morgan fingerprint density at radius 3 is 2.92 bits per heavy atom. The maximum absolute atomic E-state index is 11.6. The summed E-state index contributed by atoms with van der Waals surface area (Å²) in [6.45, 7) is 3.73. The third kappa shape index (κ3) is 5.06. The Morgan fingerprint density at radius 2 is 2.20 bits per heavy atom. The Kier molecular flexibility index (Phi) is 6.47. The lowest BCUT2D eigenvalue weighted by Crippen LogP contribution is -2.18. The zero-order valence-corrected chi connectivity index (χ0v) is 15.2. The molecule has 1 aromatic heterocycles. The maximum Gasteiger partial charge on any atom is 0.316 e. The smallest absolute Gasteiger partial charge is 0.316 e. The van der Waals surface area contributed by atoms with E-state index in [0.717, 1.165) is 37.0 Å². The molecule has 1 saturated heterocycles. The Bertz CT molecular complexity index is 684. The molecular weight excluding hydrogens is 338 g/mol. The van der Waals surface area contributed by atoms with Gasteiger partial charge < -0.3 is 14.0 Å². The highest BCUT2D eigenvalue weighted by Gasteiger charge is 2.21. The third-order valence-corrected chi connectivity index (χ3v) is 4.97. The minimum absolute atomic E-state index is 0.187. The van der Waals surface area contributed by atoms with Crippen LogP contribution in [0.15, 0.2) is 35.5 Å². The van der Waals surface area contributed by atoms with Gasteiger partial charge in [-0.05, 0) is 25.3 Å². The van der Waals surface area contributed by atoms with Gasteiger partial charge in [-0.15, -0.1) is 10.2 Å². The third-order valence-electron chi connectivity index (χ3n) is 4.03. The van der Waals surface area contributed by atoms with Gasteiger partial charge in [0.2, 0.25) is 0 Å². The topological polar surface area (TPSA) is 66.2 Å². The first-order valence-corrected chi connectivity index (χ1v) is 9.61. The van der Waals surface area contributed by atoms with Crippen LogP contribution in [0.2, 0.25) is 0 Å². The van der Waals surface area contributed by atoms with Gasteiger partial charge in [0, 0.05) is 13.0 Å². The Morgan fingerprint density at radius 1 is 1.36 bits per heavy atom. The fraction of sp³-hybridized carbons (Fsp3) is 0.500. The minimum Gasteiger partial charge on any atom is -0.465 e. The van der Waals surface area contributed by atoms with E-state index in [4.69, 9.17) is 9.47 Å². The van der Waals surface area contributed by atoms with Crippen LogP contribution in [0.3, 0.4) is 0 Å². The zero-order chi connectivity index (χ0) is 17.5. The summed E-state index contributed by atoms with van der Waals surface area (Å²) in [6, 6.07) is 10.2. The molecule has 0 aliphatic carbocycles. The summed E-state index contributed by atoms with van der Waals surface area (Å²) in [5.41, 5.74) is 1.19. The van der Waals surface area contributed by atoms with Gasteiger partial charge in [-0.2, -0.15) is 0 Å². The summed E-state index contributed by atoms with van der Waals surface area (Å²) in [6.07, 6.45) is 3.03. The fourth-order valence-electron chi connectivity index (χ4n) is 2.84. The second kappa shape index (κ2) is 9.01. The normalized spacial score (nSPS) is 16.9. The molecule has 0 N–H and O–H groups in total. The van der Waals surface area contributed by atoms with E-state index in [1.165, 1.54) is 17.3 Å². The first kappa shape index (κ1) is 17.9. The molecule has 2 aromatic rings. The second-order valence-electron chi connectivity index (χ2n) is 5.90. The highest BCUT2D eigenvalue weighted by molar-refractivity contribution is 7.99. The summed E-state index contributed by atoms with van der Waals surface area (Å²) in [5, 5.41) is 9.41. The number of carbonyl (C=O) groups excluding carboxylic acids is 1. The largest absolute Gasteiger partial charge is 0.465 e. The van der Waals surface area contributed by atoms with Crippen molar-refractivity contribution in [1.29, 1.82) is 0 Å². The molecular formula is C18H23N3O3S. The monoisotopic (exact) mass is 361 g/mol. The van der Waals surface area contributed by atoms with Gasteiger partial charge in [-0.25, -0.2) is 0 Å². The second-order valence-corrected chi connectivity index (χ2v) is 6.84. The van der Waals surface area contributed by atoms with Crippen LogP contribution in [0.1, 0.15) is 31.2 Å². The van der Waals surface area contributed by atoms with Crippen molar-refractivity contribution in [2.45, 2.75) is 44.0 Å². The van der Waals surface area contributed by atoms with E-state index >= 15 is 0 Å². The van der Waals surface area contributed by atoms with Crippen molar-refractivity contribution in [2.75, 3.05) is 19.0 Å². The molecule has 1 aliphatic heterocycles. The van der Waals surface area contributed by atoms with E-state index < -0.39 is 0 Å². The lowest BCUT2D eigenvalue weighted by molar-refractivity contribution is -0.139. The van der Waals surface area contributed by atoms with Crippen LogP contribution in [0, 0.1) is 0 Å². The number of carbonyl (C=O) groups is 1. The number of rotatable bonds is 8. The number of aromatic nitrogens is 3. The number of ether oxygens (including phenoxy) is 2. The summed E-state index contributed by atoms with van der Waals surface area (Å²) in [4.78, 5) is 11.6. The molecule has 7 heteroatoms. The minimum atomic E-state index is -0.233. The van der Waals surface area contributed by atoms with E-state index in [1.54, 1.807) is 6.92 Å². The van der Waals surface area contributed by atoms with Crippen molar-refractivity contribution in [3.05, 3.63) is 41.7 Å². The van der Waals surface area contributed by atoms with Crippen molar-refractivity contribution < 1.29 is 14.3 Å². The molecule has 25 heavy (non-hydrogen) atoms. The summed E-state index contributed by atoms with van der Waals surface area (Å²) >= 11 is 1.37. The van der Waals surface area contributed by atoms with Crippen LogP contribution in [-0.2, 0) is 27.2 Å². The average Bonchev–Trinajstić information content (AvgIpc) is 3.26. The number of thioether (sulfide) groups is 1. The number of hydrogen-bond acceptors (Lipinski definition) is 6. The maximum atomic E-state index is 11.6. The molecule has 0 amide bonds. The molecule has 0 spiro atoms. The molecule has 6 nitrogen and oxygen atoms in total. The molecule has 0 bridgehead atoms. The number of hydrogen-bond donors (Lipinski definition) is 0. The molecule has 0 unspecified atom stereocenters. The summed E-state index contributed by atoms with van der Waals surface area (Å²) < 4.78 is 12.9. The number of esters is 1. The van der Waals surface area contributed by atoms with Crippen LogP contribution in [-0.4, -0.2) is 45.8 Å². The molecule has 1 fully saturated rings. The fourth-order valence-corrected chi connectivity index (χ4v) is 3.60. The predicted octanol–water partition coefficient (Wildman–Crippen LogP) is 2.70. The number of nitrogens with zero attached hydrogens (tertiary/aromatic N) is 3. The lowest BCUT2D eigenvalue weighted by atomic mass is 10.1. The molecule has 1 atom stereocenters. The molecule has 0 saturated carbocycles. The molecule has 0 radical (unpaired) electrons. The van der Waals surface area contributed by atoms with Crippen molar-refractivity contribution in [3.63, 3.8) is 0 Å². The van der Waals surface area contributed by atoms with Crippen molar-refractivity contribution >= 4 is 17.7 Å². The van der Waals surface area contributed by atoms with E-state index in [9.17, 15) is 4.79 Å². The van der Waals surface area contributed by atoms with Gasteiger partial charge in [0.25, 0.3) is 0 Å². The number of benzene rings is 1. The highest BCUT2D eigenvalue weighted by atomic mass is 32.2. The predicted molar refractivity (Wildman–Crippen MR) is 95.6 cm³/mol. The van der Waals surface area contributed by atoms with Crippen molar-refractivity contribution in [2.24, 2.45) is 0 Å². The van der Waals surface area contributed by atoms with Crippen molar-refractivity contribution in [3.8, 4) is 0 Å². The average molecular weight is 361 g/mol. The quantitative estimate of drug-likeness (QED) is 0.532. The van der Waals surface area contributed by atoms with Gasteiger partial charge >= 0.3 is 5.97 Å². The lowest BCUT2D eigenvalue weighted by Gasteiger charge is -2.14. The SMILES string of the molecule is CCOC(=O)CSc1nnc(Cc2ccccc2)n1C[C@@H]1CCCO1. The van der Waals surface area contributed by atoms with E-state index in [1.807, 2.05) is 18.2 Å². The standard InChI is InChI=1S/C18H23N3O3S/c1-2-23-17(22)13-25-18-20-19-16(11-14-7-4-3-5-8-14)21(18)12-15-9-6-10-24-15/h3-5,7-8,15H,2,6,9-13H2,1H3/t15-/m0/s1. The Balaban J connectivity index is 1.75. The molecule has 2 heterocycles. The van der Waals surface area contributed by atoms with Gasteiger partial charge in [-0.3, -0.25) is 4.79 Å². The van der Waals surface area contributed by atoms with Crippen molar-refractivity contribution in [1.82, 2.24) is 14.8 Å². The van der Waals surface area contributed by atoms with E-state index in [0.29, 0.717) is 13.0 Å². The summed E-state index contributed by atoms with van der Waals surface area (Å²) in [7, 11) is 0. The molecule has 3 rings (SSSR count). The van der Waals surface area contributed by atoms with Crippen LogP contribution < -0.4 is 0 Å². The Hall–Kier alpha value is -1.86. The first-order valence-electron chi connectivity index (χ1n) is 8.62. The van der Waals surface area contributed by atoms with Gasteiger partial charge in [0.15, 0.2) is 5.16 Å². The molecule has 134 valence electrons. The van der Waals surface area contributed by atoms with Gasteiger partial charge in [-0.1, -0.05) is 42.1 Å². The highest BCUT2D eigenvalue weighted by Crippen LogP contribution is 2.22. The van der Waals surface area contributed by atoms with Crippen LogP contribution in [0.25, 0.3) is 0 Å². The first-order chi connectivity index (χ1) is 12.3. The van der Waals surface area contributed by atoms with E-state index in [2.05, 4.69) is 26.9 Å². The van der Waals surface area contributed by atoms with Gasteiger partial charge in [0.1, 0.15) is 5.82 Å². The summed E-state index contributed by atoms with van der Waals surface area (Å²) in [5.74, 6) is 0.903. The van der Waals surface area contributed by atoms with Gasteiger partial charge in [0.05, 0.1) is 25.0 Å². The van der Waals surface area contributed by atoms with E-state index in [-0.39, 0.29) is 17.8 Å². The van der Waals surface area contributed by atoms with Crippen LogP contribution >= 0.6 is 11.8 Å². The molecule has 1 aliphatic rings. The van der Waals surface area contributed by atoms with Crippen LogP contribution in [0.4, 0.5) is 0 Å². The Labute approximate surface area is 151 Å². The molecule has 1 aromatic carbocycles.